The SMILES string of the molecule is Nc1cnc(CCc2ccccc2Cl)o1. The molecule has 0 bridgehead atoms. The van der Waals surface area contributed by atoms with Crippen molar-refractivity contribution in [3.63, 3.8) is 0 Å². The van der Waals surface area contributed by atoms with Crippen molar-refractivity contribution in [2.45, 2.75) is 12.8 Å². The van der Waals surface area contributed by atoms with Gasteiger partial charge >= 0.3 is 0 Å². The monoisotopic (exact) mass is 222 g/mol. The Morgan fingerprint density at radius 2 is 2.07 bits per heavy atom. The summed E-state index contributed by atoms with van der Waals surface area (Å²) in [5.41, 5.74) is 6.52. The van der Waals surface area contributed by atoms with Crippen molar-refractivity contribution < 1.29 is 4.42 Å². The predicted molar refractivity (Wildman–Crippen MR) is 59.8 cm³/mol. The maximum absolute atomic E-state index is 6.02. The molecule has 0 fully saturated rings. The Morgan fingerprint density at radius 1 is 1.27 bits per heavy atom. The van der Waals surface area contributed by atoms with Gasteiger partial charge in [-0.05, 0) is 18.1 Å². The van der Waals surface area contributed by atoms with Gasteiger partial charge in [-0.15, -0.1) is 0 Å². The van der Waals surface area contributed by atoms with Crippen LogP contribution < -0.4 is 5.73 Å². The highest BCUT2D eigenvalue weighted by Gasteiger charge is 2.03. The molecular weight excluding hydrogens is 212 g/mol. The maximum Gasteiger partial charge on any atom is 0.211 e. The zero-order valence-corrected chi connectivity index (χ0v) is 8.87. The Bertz CT molecular complexity index is 453. The van der Waals surface area contributed by atoms with Crippen molar-refractivity contribution in [2.24, 2.45) is 0 Å². The summed E-state index contributed by atoms with van der Waals surface area (Å²) >= 11 is 6.02. The first-order valence-corrected chi connectivity index (χ1v) is 5.07. The molecule has 0 spiro atoms. The lowest BCUT2D eigenvalue weighted by atomic mass is 10.1. The first-order chi connectivity index (χ1) is 7.25. The van der Waals surface area contributed by atoms with E-state index in [0.29, 0.717) is 18.2 Å². The van der Waals surface area contributed by atoms with Crippen LogP contribution in [0.4, 0.5) is 5.88 Å². The van der Waals surface area contributed by atoms with Crippen LogP contribution >= 0.6 is 11.6 Å². The summed E-state index contributed by atoms with van der Waals surface area (Å²) in [7, 11) is 0. The number of aryl methyl sites for hydroxylation is 2. The molecule has 1 aromatic carbocycles. The van der Waals surface area contributed by atoms with Gasteiger partial charge in [-0.3, -0.25) is 0 Å². The molecule has 0 radical (unpaired) electrons. The molecule has 1 heterocycles. The van der Waals surface area contributed by atoms with Crippen molar-refractivity contribution in [2.75, 3.05) is 5.73 Å². The smallest absolute Gasteiger partial charge is 0.211 e. The number of anilines is 1. The van der Waals surface area contributed by atoms with E-state index in [-0.39, 0.29) is 0 Å². The Kier molecular flexibility index (Phi) is 2.92. The lowest BCUT2D eigenvalue weighted by Gasteiger charge is -2.00. The van der Waals surface area contributed by atoms with Crippen molar-refractivity contribution in [1.82, 2.24) is 4.98 Å². The fourth-order valence-corrected chi connectivity index (χ4v) is 1.61. The number of rotatable bonds is 3. The third-order valence-electron chi connectivity index (χ3n) is 2.14. The third-order valence-corrected chi connectivity index (χ3v) is 2.51. The first kappa shape index (κ1) is 10.1. The summed E-state index contributed by atoms with van der Waals surface area (Å²) < 4.78 is 5.17. The van der Waals surface area contributed by atoms with Gasteiger partial charge in [-0.2, -0.15) is 0 Å². The van der Waals surface area contributed by atoms with Crippen LogP contribution in [0, 0.1) is 0 Å². The zero-order valence-electron chi connectivity index (χ0n) is 8.11. The molecule has 78 valence electrons. The fraction of sp³-hybridized carbons (Fsp3) is 0.182. The predicted octanol–water partition coefficient (Wildman–Crippen LogP) is 2.70. The average molecular weight is 223 g/mol. The summed E-state index contributed by atoms with van der Waals surface area (Å²) in [4.78, 5) is 4.03. The van der Waals surface area contributed by atoms with E-state index in [2.05, 4.69) is 4.98 Å². The highest BCUT2D eigenvalue weighted by molar-refractivity contribution is 6.31. The molecule has 0 amide bonds. The van der Waals surface area contributed by atoms with E-state index in [1.807, 2.05) is 24.3 Å². The molecule has 1 aromatic heterocycles. The summed E-state index contributed by atoms with van der Waals surface area (Å²) in [6.45, 7) is 0. The number of aromatic nitrogens is 1. The molecule has 0 saturated carbocycles. The number of nitrogens with zero attached hydrogens (tertiary/aromatic N) is 1. The summed E-state index contributed by atoms with van der Waals surface area (Å²) in [6.07, 6.45) is 3.03. The van der Waals surface area contributed by atoms with Crippen LogP contribution in [0.25, 0.3) is 0 Å². The van der Waals surface area contributed by atoms with Crippen LogP contribution in [0.2, 0.25) is 5.02 Å². The number of benzene rings is 1. The standard InChI is InChI=1S/C11H11ClN2O/c12-9-4-2-1-3-8(9)5-6-11-14-7-10(13)15-11/h1-4,7H,5-6,13H2. The van der Waals surface area contributed by atoms with Crippen molar-refractivity contribution in [3.8, 4) is 0 Å². The van der Waals surface area contributed by atoms with Gasteiger partial charge in [0.2, 0.25) is 5.88 Å². The van der Waals surface area contributed by atoms with E-state index in [9.17, 15) is 0 Å². The molecule has 2 rings (SSSR count). The van der Waals surface area contributed by atoms with E-state index in [0.717, 1.165) is 17.0 Å². The van der Waals surface area contributed by atoms with Gasteiger partial charge in [0.25, 0.3) is 0 Å². The largest absolute Gasteiger partial charge is 0.426 e. The first-order valence-electron chi connectivity index (χ1n) is 4.69. The second-order valence-corrected chi connectivity index (χ2v) is 3.65. The molecule has 4 heteroatoms. The molecular formula is C11H11ClN2O. The number of hydrogen-bond donors (Lipinski definition) is 1. The fourth-order valence-electron chi connectivity index (χ4n) is 1.38. The van der Waals surface area contributed by atoms with Gasteiger partial charge in [0.1, 0.15) is 0 Å². The van der Waals surface area contributed by atoms with Crippen molar-refractivity contribution >= 4 is 17.5 Å². The normalized spacial score (nSPS) is 10.5. The van der Waals surface area contributed by atoms with Gasteiger partial charge in [0.15, 0.2) is 5.89 Å². The molecule has 0 aliphatic heterocycles. The van der Waals surface area contributed by atoms with E-state index in [1.165, 1.54) is 6.20 Å². The van der Waals surface area contributed by atoms with E-state index < -0.39 is 0 Å². The molecule has 0 aliphatic rings. The lowest BCUT2D eigenvalue weighted by Crippen LogP contribution is -1.92. The van der Waals surface area contributed by atoms with Crippen LogP contribution in [-0.2, 0) is 12.8 Å². The van der Waals surface area contributed by atoms with Gasteiger partial charge in [0.05, 0.1) is 6.20 Å². The van der Waals surface area contributed by atoms with Gasteiger partial charge < -0.3 is 10.2 Å². The highest BCUT2D eigenvalue weighted by Crippen LogP contribution is 2.17. The number of nitrogen functional groups attached to an aromatic ring is 1. The summed E-state index contributed by atoms with van der Waals surface area (Å²) in [5, 5.41) is 0.775. The molecule has 0 atom stereocenters. The number of nitrogens with two attached hydrogens (primary N) is 1. The minimum Gasteiger partial charge on any atom is -0.426 e. The zero-order chi connectivity index (χ0) is 10.7. The number of hydrogen-bond acceptors (Lipinski definition) is 3. The Hall–Kier alpha value is -1.48. The maximum atomic E-state index is 6.02. The number of halogens is 1. The van der Waals surface area contributed by atoms with Crippen molar-refractivity contribution in [1.29, 1.82) is 0 Å². The number of oxazole rings is 1. The van der Waals surface area contributed by atoms with Crippen LogP contribution in [0.1, 0.15) is 11.5 Å². The minimum atomic E-state index is 0.351. The second-order valence-electron chi connectivity index (χ2n) is 3.25. The molecule has 2 aromatic rings. The van der Waals surface area contributed by atoms with Crippen LogP contribution in [0.3, 0.4) is 0 Å². The Morgan fingerprint density at radius 3 is 2.73 bits per heavy atom. The van der Waals surface area contributed by atoms with Crippen LogP contribution in [0.5, 0.6) is 0 Å². The molecule has 0 aliphatic carbocycles. The summed E-state index contributed by atoms with van der Waals surface area (Å²) in [5.74, 6) is 0.997. The van der Waals surface area contributed by atoms with Crippen LogP contribution in [-0.4, -0.2) is 4.98 Å². The molecule has 0 saturated heterocycles. The summed E-state index contributed by atoms with van der Waals surface area (Å²) in [6, 6.07) is 7.75. The van der Waals surface area contributed by atoms with E-state index in [4.69, 9.17) is 21.8 Å². The molecule has 3 nitrogen and oxygen atoms in total. The Labute approximate surface area is 92.9 Å². The third kappa shape index (κ3) is 2.50. The molecule has 15 heavy (non-hydrogen) atoms. The quantitative estimate of drug-likeness (QED) is 0.869. The average Bonchev–Trinajstić information content (AvgIpc) is 2.63. The molecule has 0 unspecified atom stereocenters. The van der Waals surface area contributed by atoms with Gasteiger partial charge in [0, 0.05) is 11.4 Å². The highest BCUT2D eigenvalue weighted by atomic mass is 35.5. The van der Waals surface area contributed by atoms with E-state index >= 15 is 0 Å². The topological polar surface area (TPSA) is 52.0 Å². The van der Waals surface area contributed by atoms with Gasteiger partial charge in [-0.1, -0.05) is 29.8 Å². The lowest BCUT2D eigenvalue weighted by molar-refractivity contribution is 0.509. The van der Waals surface area contributed by atoms with Crippen molar-refractivity contribution in [3.05, 3.63) is 46.9 Å². The van der Waals surface area contributed by atoms with Crippen LogP contribution in [0.15, 0.2) is 34.9 Å². The van der Waals surface area contributed by atoms with Gasteiger partial charge in [-0.25, -0.2) is 4.98 Å². The minimum absolute atomic E-state index is 0.351. The van der Waals surface area contributed by atoms with E-state index in [1.54, 1.807) is 0 Å². The second kappa shape index (κ2) is 4.36. The molecule has 2 N–H and O–H groups in total. The Balaban J connectivity index is 2.02.